The van der Waals surface area contributed by atoms with Gasteiger partial charge in [0.05, 0.1) is 12.7 Å². The molecular formula is C28H42N2O4. The first-order valence-electron chi connectivity index (χ1n) is 12.9. The Morgan fingerprint density at radius 2 is 1.65 bits per heavy atom. The van der Waals surface area contributed by atoms with E-state index in [9.17, 15) is 15.3 Å². The standard InChI is InChI=1S/C28H42N2O4/c31-22-25-20-24(11-14-27(25)32)28(33)21-29-15-3-1-2-6-18-34-19-7-8-23-9-12-26(13-10-23)30-16-4-5-17-30/h9-14,20,28-29,31-33H,1-8,15-19,21-22H2. The summed E-state index contributed by atoms with van der Waals surface area (Å²) in [5, 5.41) is 32.4. The molecule has 6 nitrogen and oxygen atoms in total. The number of hydrogen-bond donors (Lipinski definition) is 4. The topological polar surface area (TPSA) is 85.2 Å². The molecule has 1 aliphatic heterocycles. The van der Waals surface area contributed by atoms with E-state index in [1.807, 2.05) is 0 Å². The van der Waals surface area contributed by atoms with Gasteiger partial charge in [-0.05, 0) is 80.5 Å². The first-order chi connectivity index (χ1) is 16.7. The van der Waals surface area contributed by atoms with Crippen LogP contribution >= 0.6 is 0 Å². The summed E-state index contributed by atoms with van der Waals surface area (Å²) >= 11 is 0. The predicted octanol–water partition coefficient (Wildman–Crippen LogP) is 4.32. The third-order valence-electron chi connectivity index (χ3n) is 6.55. The quantitative estimate of drug-likeness (QED) is 0.274. The van der Waals surface area contributed by atoms with Gasteiger partial charge in [0.1, 0.15) is 5.75 Å². The summed E-state index contributed by atoms with van der Waals surface area (Å²) in [4.78, 5) is 2.47. The summed E-state index contributed by atoms with van der Waals surface area (Å²) in [6.07, 6.45) is 8.57. The van der Waals surface area contributed by atoms with Crippen LogP contribution in [0.1, 0.15) is 67.7 Å². The summed E-state index contributed by atoms with van der Waals surface area (Å²) in [6, 6.07) is 13.9. The van der Waals surface area contributed by atoms with Crippen LogP contribution < -0.4 is 10.2 Å². The number of phenols is 1. The van der Waals surface area contributed by atoms with Crippen LogP contribution in [0.25, 0.3) is 0 Å². The van der Waals surface area contributed by atoms with E-state index in [0.29, 0.717) is 17.7 Å². The molecule has 3 rings (SSSR count). The zero-order valence-electron chi connectivity index (χ0n) is 20.4. The monoisotopic (exact) mass is 470 g/mol. The van der Waals surface area contributed by atoms with Crippen molar-refractivity contribution in [1.29, 1.82) is 0 Å². The van der Waals surface area contributed by atoms with Gasteiger partial charge in [0.15, 0.2) is 0 Å². The number of aromatic hydroxyl groups is 1. The molecule has 1 atom stereocenters. The Balaban J connectivity index is 1.13. The zero-order valence-corrected chi connectivity index (χ0v) is 20.4. The third-order valence-corrected chi connectivity index (χ3v) is 6.55. The summed E-state index contributed by atoms with van der Waals surface area (Å²) in [7, 11) is 0. The Morgan fingerprint density at radius 1 is 0.912 bits per heavy atom. The van der Waals surface area contributed by atoms with E-state index in [2.05, 4.69) is 34.5 Å². The predicted molar refractivity (Wildman–Crippen MR) is 137 cm³/mol. The highest BCUT2D eigenvalue weighted by Crippen LogP contribution is 2.22. The average Bonchev–Trinajstić information content (AvgIpc) is 3.40. The van der Waals surface area contributed by atoms with Crippen molar-refractivity contribution in [3.63, 3.8) is 0 Å². The highest BCUT2D eigenvalue weighted by atomic mass is 16.5. The molecule has 1 heterocycles. The Kier molecular flexibility index (Phi) is 11.7. The number of aliphatic hydroxyl groups excluding tert-OH is 2. The van der Waals surface area contributed by atoms with Gasteiger partial charge in [-0.1, -0.05) is 31.0 Å². The van der Waals surface area contributed by atoms with E-state index < -0.39 is 6.10 Å². The zero-order chi connectivity index (χ0) is 24.0. The summed E-state index contributed by atoms with van der Waals surface area (Å²) in [5.74, 6) is 0.0537. The van der Waals surface area contributed by atoms with E-state index >= 15 is 0 Å². The van der Waals surface area contributed by atoms with Gasteiger partial charge in [0.2, 0.25) is 0 Å². The maximum absolute atomic E-state index is 10.3. The van der Waals surface area contributed by atoms with Gasteiger partial charge in [-0.2, -0.15) is 0 Å². The molecular weight excluding hydrogens is 428 g/mol. The molecule has 2 aromatic rings. The highest BCUT2D eigenvalue weighted by molar-refractivity contribution is 5.48. The van der Waals surface area contributed by atoms with Crippen molar-refractivity contribution in [2.75, 3.05) is 44.3 Å². The number of aliphatic hydroxyl groups is 2. The van der Waals surface area contributed by atoms with Gasteiger partial charge in [0, 0.05) is 44.1 Å². The van der Waals surface area contributed by atoms with Crippen LogP contribution in [0.2, 0.25) is 0 Å². The second kappa shape index (κ2) is 15.0. The Morgan fingerprint density at radius 3 is 2.41 bits per heavy atom. The van der Waals surface area contributed by atoms with Crippen LogP contribution in [0.4, 0.5) is 5.69 Å². The smallest absolute Gasteiger partial charge is 0.121 e. The molecule has 0 spiro atoms. The minimum absolute atomic E-state index is 0.0537. The molecule has 0 aromatic heterocycles. The Labute approximate surface area is 204 Å². The first-order valence-corrected chi connectivity index (χ1v) is 12.9. The number of nitrogens with one attached hydrogen (secondary N) is 1. The molecule has 0 amide bonds. The van der Waals surface area contributed by atoms with Crippen molar-refractivity contribution < 1.29 is 20.1 Å². The average molecular weight is 471 g/mol. The van der Waals surface area contributed by atoms with Crippen molar-refractivity contribution in [1.82, 2.24) is 5.32 Å². The van der Waals surface area contributed by atoms with Gasteiger partial charge in [0.25, 0.3) is 0 Å². The van der Waals surface area contributed by atoms with Gasteiger partial charge >= 0.3 is 0 Å². The van der Waals surface area contributed by atoms with Crippen molar-refractivity contribution >= 4 is 5.69 Å². The third kappa shape index (κ3) is 8.91. The summed E-state index contributed by atoms with van der Waals surface area (Å²) < 4.78 is 5.80. The van der Waals surface area contributed by atoms with Crippen molar-refractivity contribution in [3.8, 4) is 5.75 Å². The minimum atomic E-state index is -0.651. The van der Waals surface area contributed by atoms with E-state index in [4.69, 9.17) is 4.74 Å². The number of hydrogen-bond acceptors (Lipinski definition) is 6. The van der Waals surface area contributed by atoms with Crippen LogP contribution in [-0.4, -0.2) is 54.7 Å². The second-order valence-electron chi connectivity index (χ2n) is 9.26. The number of anilines is 1. The fourth-order valence-electron chi connectivity index (χ4n) is 4.43. The van der Waals surface area contributed by atoms with Crippen LogP contribution in [-0.2, 0) is 17.8 Å². The fourth-order valence-corrected chi connectivity index (χ4v) is 4.43. The normalized spacial score (nSPS) is 14.6. The van der Waals surface area contributed by atoms with E-state index in [1.165, 1.54) is 43.2 Å². The number of nitrogens with zero attached hydrogens (tertiary/aromatic N) is 1. The molecule has 0 aliphatic carbocycles. The number of rotatable bonds is 16. The molecule has 0 saturated carbocycles. The Bertz CT molecular complexity index is 822. The molecule has 1 aliphatic rings. The summed E-state index contributed by atoms with van der Waals surface area (Å²) in [5.41, 5.74) is 3.89. The second-order valence-corrected chi connectivity index (χ2v) is 9.26. The molecule has 1 fully saturated rings. The van der Waals surface area contributed by atoms with Crippen molar-refractivity contribution in [3.05, 3.63) is 59.2 Å². The molecule has 1 unspecified atom stereocenters. The van der Waals surface area contributed by atoms with Crippen LogP contribution in [0.5, 0.6) is 5.75 Å². The lowest BCUT2D eigenvalue weighted by atomic mass is 10.1. The van der Waals surface area contributed by atoms with E-state index in [0.717, 1.165) is 58.3 Å². The number of ether oxygens (including phenoxy) is 1. The van der Waals surface area contributed by atoms with Gasteiger partial charge in [-0.25, -0.2) is 0 Å². The van der Waals surface area contributed by atoms with Crippen LogP contribution in [0, 0.1) is 0 Å². The lowest BCUT2D eigenvalue weighted by Gasteiger charge is -2.17. The minimum Gasteiger partial charge on any atom is -0.508 e. The lowest BCUT2D eigenvalue weighted by Crippen LogP contribution is -2.22. The van der Waals surface area contributed by atoms with Gasteiger partial charge in [-0.3, -0.25) is 0 Å². The largest absolute Gasteiger partial charge is 0.508 e. The molecule has 0 bridgehead atoms. The summed E-state index contributed by atoms with van der Waals surface area (Å²) in [6.45, 7) is 5.12. The maximum Gasteiger partial charge on any atom is 0.121 e. The molecule has 2 aromatic carbocycles. The molecule has 0 radical (unpaired) electrons. The van der Waals surface area contributed by atoms with Gasteiger partial charge in [-0.15, -0.1) is 0 Å². The van der Waals surface area contributed by atoms with Crippen molar-refractivity contribution in [2.45, 2.75) is 64.1 Å². The lowest BCUT2D eigenvalue weighted by molar-refractivity contribution is 0.127. The highest BCUT2D eigenvalue weighted by Gasteiger charge is 2.12. The van der Waals surface area contributed by atoms with E-state index in [1.54, 1.807) is 12.1 Å². The van der Waals surface area contributed by atoms with Gasteiger partial charge < -0.3 is 30.3 Å². The molecule has 4 N–H and O–H groups in total. The van der Waals surface area contributed by atoms with E-state index in [-0.39, 0.29) is 12.4 Å². The molecule has 34 heavy (non-hydrogen) atoms. The number of aryl methyl sites for hydroxylation is 1. The number of benzene rings is 2. The fraction of sp³-hybridized carbons (Fsp3) is 0.571. The maximum atomic E-state index is 10.3. The van der Waals surface area contributed by atoms with Crippen LogP contribution in [0.3, 0.4) is 0 Å². The first kappa shape index (κ1) is 26.5. The molecule has 1 saturated heterocycles. The molecule has 6 heteroatoms. The van der Waals surface area contributed by atoms with Crippen molar-refractivity contribution in [2.24, 2.45) is 0 Å². The Hall–Kier alpha value is -2.12. The SMILES string of the molecule is OCc1cc(C(O)CNCCCCCCOCCCc2ccc(N3CCCC3)cc2)ccc1O. The molecule has 188 valence electrons. The van der Waals surface area contributed by atoms with Crippen LogP contribution in [0.15, 0.2) is 42.5 Å². The number of unbranched alkanes of at least 4 members (excludes halogenated alkanes) is 3.